The fraction of sp³-hybridized carbons (Fsp3) is 0.600. The Labute approximate surface area is 82.6 Å². The summed E-state index contributed by atoms with van der Waals surface area (Å²) in [5.74, 6) is 1.23. The highest BCUT2D eigenvalue weighted by Gasteiger charge is 2.21. The van der Waals surface area contributed by atoms with Gasteiger partial charge in [0.1, 0.15) is 5.82 Å². The van der Waals surface area contributed by atoms with Crippen LogP contribution in [0.15, 0.2) is 10.9 Å². The van der Waals surface area contributed by atoms with Crippen molar-refractivity contribution in [3.05, 3.63) is 27.9 Å². The van der Waals surface area contributed by atoms with Crippen molar-refractivity contribution in [1.82, 2.24) is 9.97 Å². The number of nitrogens with zero attached hydrogens (tertiary/aromatic N) is 1. The van der Waals surface area contributed by atoms with Gasteiger partial charge in [-0.2, -0.15) is 0 Å². The van der Waals surface area contributed by atoms with Crippen LogP contribution in [0.25, 0.3) is 0 Å². The van der Waals surface area contributed by atoms with E-state index < -0.39 is 0 Å². The van der Waals surface area contributed by atoms with Gasteiger partial charge in [0.15, 0.2) is 0 Å². The highest BCUT2D eigenvalue weighted by Crippen LogP contribution is 2.34. The minimum Gasteiger partial charge on any atom is -0.330 e. The van der Waals surface area contributed by atoms with Crippen molar-refractivity contribution in [3.8, 4) is 0 Å². The molecule has 1 aromatic rings. The van der Waals surface area contributed by atoms with Crippen molar-refractivity contribution in [3.63, 3.8) is 0 Å². The Morgan fingerprint density at radius 1 is 1.57 bits per heavy atom. The zero-order chi connectivity index (χ0) is 9.97. The third-order valence-corrected chi connectivity index (χ3v) is 2.72. The number of H-pyrrole nitrogens is 1. The van der Waals surface area contributed by atoms with Crippen molar-refractivity contribution in [2.45, 2.75) is 31.6 Å². The maximum absolute atomic E-state index is 11.3. The summed E-state index contributed by atoms with van der Waals surface area (Å²) in [6, 6.07) is 1.61. The first-order valence-corrected chi connectivity index (χ1v) is 5.10. The average molecular weight is 193 g/mol. The van der Waals surface area contributed by atoms with Crippen LogP contribution in [0.3, 0.4) is 0 Å². The molecule has 4 heteroatoms. The number of hydrogen-bond donors (Lipinski definition) is 2. The summed E-state index contributed by atoms with van der Waals surface area (Å²) >= 11 is 0. The lowest BCUT2D eigenvalue weighted by molar-refractivity contribution is 0.409. The third kappa shape index (κ3) is 1.85. The Balaban J connectivity index is 2.26. The van der Waals surface area contributed by atoms with Gasteiger partial charge in [0.25, 0.3) is 5.56 Å². The molecule has 0 radical (unpaired) electrons. The Bertz CT molecular complexity index is 368. The van der Waals surface area contributed by atoms with Gasteiger partial charge in [0, 0.05) is 18.4 Å². The van der Waals surface area contributed by atoms with E-state index in [0.717, 1.165) is 11.5 Å². The van der Waals surface area contributed by atoms with Crippen LogP contribution in [0.5, 0.6) is 0 Å². The number of aromatic nitrogens is 2. The molecule has 0 spiro atoms. The van der Waals surface area contributed by atoms with E-state index in [0.29, 0.717) is 18.9 Å². The summed E-state index contributed by atoms with van der Waals surface area (Å²) in [6.07, 6.45) is 4.23. The number of aromatic amines is 1. The number of rotatable bonds is 3. The lowest BCUT2D eigenvalue weighted by atomic mass is 9.83. The molecule has 0 aliphatic heterocycles. The van der Waals surface area contributed by atoms with Crippen LogP contribution in [0.1, 0.15) is 36.7 Å². The Morgan fingerprint density at radius 3 is 2.93 bits per heavy atom. The second-order valence-corrected chi connectivity index (χ2v) is 3.78. The van der Waals surface area contributed by atoms with Crippen molar-refractivity contribution >= 4 is 0 Å². The first-order chi connectivity index (χ1) is 6.79. The average Bonchev–Trinajstić information content (AvgIpc) is 1.99. The first-order valence-electron chi connectivity index (χ1n) is 5.10. The van der Waals surface area contributed by atoms with E-state index in [2.05, 4.69) is 9.97 Å². The highest BCUT2D eigenvalue weighted by molar-refractivity contribution is 5.11. The molecule has 0 saturated heterocycles. The molecular weight excluding hydrogens is 178 g/mol. The lowest BCUT2D eigenvalue weighted by Gasteiger charge is -2.24. The number of hydrogen-bond acceptors (Lipinski definition) is 3. The number of nitrogens with one attached hydrogen (secondary N) is 1. The molecule has 2 rings (SSSR count). The molecule has 1 saturated carbocycles. The monoisotopic (exact) mass is 193 g/mol. The van der Waals surface area contributed by atoms with Crippen LogP contribution in [0, 0.1) is 0 Å². The second kappa shape index (κ2) is 3.92. The predicted molar refractivity (Wildman–Crippen MR) is 54.2 cm³/mol. The first kappa shape index (κ1) is 9.40. The van der Waals surface area contributed by atoms with Crippen LogP contribution in [0.2, 0.25) is 0 Å². The molecule has 1 aromatic heterocycles. The highest BCUT2D eigenvalue weighted by atomic mass is 16.1. The maximum atomic E-state index is 11.3. The molecule has 0 atom stereocenters. The summed E-state index contributed by atoms with van der Waals surface area (Å²) in [6.45, 7) is 0.525. The molecule has 1 aliphatic rings. The van der Waals surface area contributed by atoms with Crippen LogP contribution < -0.4 is 11.3 Å². The quantitative estimate of drug-likeness (QED) is 0.736. The van der Waals surface area contributed by atoms with Gasteiger partial charge in [-0.15, -0.1) is 0 Å². The van der Waals surface area contributed by atoms with Crippen LogP contribution in [0.4, 0.5) is 0 Å². The van der Waals surface area contributed by atoms with Crippen molar-refractivity contribution in [2.24, 2.45) is 5.73 Å². The summed E-state index contributed by atoms with van der Waals surface area (Å²) in [5.41, 5.74) is 6.32. The van der Waals surface area contributed by atoms with E-state index in [1.54, 1.807) is 6.07 Å². The molecule has 4 nitrogen and oxygen atoms in total. The minimum atomic E-state index is -0.0506. The largest absolute Gasteiger partial charge is 0.330 e. The second-order valence-electron chi connectivity index (χ2n) is 3.78. The van der Waals surface area contributed by atoms with Crippen LogP contribution in [-0.2, 0) is 6.42 Å². The molecule has 0 bridgehead atoms. The molecule has 1 heterocycles. The van der Waals surface area contributed by atoms with Crippen LogP contribution in [-0.4, -0.2) is 16.5 Å². The molecule has 1 fully saturated rings. The SMILES string of the molecule is NCCc1nc(C2CCC2)cc(=O)[nH]1. The zero-order valence-electron chi connectivity index (χ0n) is 8.12. The standard InChI is InChI=1S/C10H15N3O/c11-5-4-9-12-8(6-10(14)13-9)7-2-1-3-7/h6-7H,1-5,11H2,(H,12,13,14). The summed E-state index contributed by atoms with van der Waals surface area (Å²) in [4.78, 5) is 18.4. The molecule has 76 valence electrons. The van der Waals surface area contributed by atoms with Crippen molar-refractivity contribution in [2.75, 3.05) is 6.54 Å². The van der Waals surface area contributed by atoms with E-state index >= 15 is 0 Å². The van der Waals surface area contributed by atoms with Gasteiger partial charge in [-0.25, -0.2) is 4.98 Å². The Morgan fingerprint density at radius 2 is 2.36 bits per heavy atom. The van der Waals surface area contributed by atoms with E-state index in [9.17, 15) is 4.79 Å². The Hall–Kier alpha value is -1.16. The van der Waals surface area contributed by atoms with Crippen LogP contribution >= 0.6 is 0 Å². The smallest absolute Gasteiger partial charge is 0.251 e. The topological polar surface area (TPSA) is 71.8 Å². The Kier molecular flexibility index (Phi) is 2.63. The van der Waals surface area contributed by atoms with Gasteiger partial charge < -0.3 is 10.7 Å². The molecule has 14 heavy (non-hydrogen) atoms. The van der Waals surface area contributed by atoms with E-state index in [4.69, 9.17) is 5.73 Å². The summed E-state index contributed by atoms with van der Waals surface area (Å²) in [7, 11) is 0. The van der Waals surface area contributed by atoms with Crippen molar-refractivity contribution in [1.29, 1.82) is 0 Å². The normalized spacial score (nSPS) is 16.6. The van der Waals surface area contributed by atoms with Gasteiger partial charge in [0.05, 0.1) is 5.69 Å². The molecular formula is C10H15N3O. The maximum Gasteiger partial charge on any atom is 0.251 e. The molecule has 0 amide bonds. The van der Waals surface area contributed by atoms with Gasteiger partial charge >= 0.3 is 0 Å². The van der Waals surface area contributed by atoms with Gasteiger partial charge in [-0.1, -0.05) is 6.42 Å². The molecule has 0 aromatic carbocycles. The molecule has 0 unspecified atom stereocenters. The van der Waals surface area contributed by atoms with Gasteiger partial charge in [-0.05, 0) is 19.4 Å². The minimum absolute atomic E-state index is 0.0506. The van der Waals surface area contributed by atoms with Gasteiger partial charge in [-0.3, -0.25) is 4.79 Å². The van der Waals surface area contributed by atoms with E-state index in [1.807, 2.05) is 0 Å². The van der Waals surface area contributed by atoms with Gasteiger partial charge in [0.2, 0.25) is 0 Å². The fourth-order valence-corrected chi connectivity index (χ4v) is 1.70. The summed E-state index contributed by atoms with van der Waals surface area (Å²) < 4.78 is 0. The lowest BCUT2D eigenvalue weighted by Crippen LogP contribution is -2.19. The molecule has 3 N–H and O–H groups in total. The van der Waals surface area contributed by atoms with E-state index in [1.165, 1.54) is 19.3 Å². The van der Waals surface area contributed by atoms with Crippen molar-refractivity contribution < 1.29 is 0 Å². The summed E-state index contributed by atoms with van der Waals surface area (Å²) in [5, 5.41) is 0. The number of nitrogens with two attached hydrogens (primary N) is 1. The zero-order valence-corrected chi connectivity index (χ0v) is 8.12. The van der Waals surface area contributed by atoms with E-state index in [-0.39, 0.29) is 5.56 Å². The molecule has 1 aliphatic carbocycles. The third-order valence-electron chi connectivity index (χ3n) is 2.72. The predicted octanol–water partition coefficient (Wildman–Crippen LogP) is 0.539. The fourth-order valence-electron chi connectivity index (χ4n) is 1.70.